The summed E-state index contributed by atoms with van der Waals surface area (Å²) in [7, 11) is 0. The lowest BCUT2D eigenvalue weighted by atomic mass is 10.2. The van der Waals surface area contributed by atoms with Crippen molar-refractivity contribution in [1.29, 1.82) is 0 Å². The maximum Gasteiger partial charge on any atom is 0.294 e. The number of carbonyl (C=O) groups excluding carboxylic acids is 2. The van der Waals surface area contributed by atoms with Gasteiger partial charge in [0.1, 0.15) is 5.69 Å². The monoisotopic (exact) mass is 257 g/mol. The van der Waals surface area contributed by atoms with Gasteiger partial charge >= 0.3 is 0 Å². The van der Waals surface area contributed by atoms with Crippen LogP contribution in [0.3, 0.4) is 0 Å². The Bertz CT molecular complexity index is 423. The molecule has 6 nitrogen and oxygen atoms in total. The summed E-state index contributed by atoms with van der Waals surface area (Å²) in [6.07, 6.45) is 0. The molecule has 2 N–H and O–H groups in total. The molecule has 7 heteroatoms. The number of amides is 2. The summed E-state index contributed by atoms with van der Waals surface area (Å²) in [4.78, 5) is 31.4. The van der Waals surface area contributed by atoms with E-state index < -0.39 is 11.5 Å². The van der Waals surface area contributed by atoms with E-state index in [1.807, 2.05) is 20.8 Å². The zero-order valence-corrected chi connectivity index (χ0v) is 11.0. The molecule has 17 heavy (non-hydrogen) atoms. The number of thiazole rings is 1. The number of aromatic nitrogens is 1. The van der Waals surface area contributed by atoms with E-state index in [4.69, 9.17) is 4.84 Å². The third kappa shape index (κ3) is 4.92. The first-order valence-corrected chi connectivity index (χ1v) is 5.87. The normalized spacial score (nSPS) is 11.1. The van der Waals surface area contributed by atoms with Crippen molar-refractivity contribution in [3.8, 4) is 0 Å². The summed E-state index contributed by atoms with van der Waals surface area (Å²) >= 11 is 1.18. The molecule has 0 aliphatic heterocycles. The fourth-order valence-electron chi connectivity index (χ4n) is 0.838. The van der Waals surface area contributed by atoms with Crippen molar-refractivity contribution in [2.24, 2.45) is 0 Å². The first-order chi connectivity index (χ1) is 7.78. The van der Waals surface area contributed by atoms with Gasteiger partial charge in [-0.25, -0.2) is 10.5 Å². The lowest BCUT2D eigenvalue weighted by Crippen LogP contribution is -2.33. The Kier molecular flexibility index (Phi) is 4.19. The lowest BCUT2D eigenvalue weighted by Gasteiger charge is -2.18. The van der Waals surface area contributed by atoms with Crippen molar-refractivity contribution >= 4 is 28.3 Å². The molecule has 1 heterocycles. The maximum absolute atomic E-state index is 11.6. The minimum absolute atomic E-state index is 0.211. The minimum atomic E-state index is -0.466. The molecular weight excluding hydrogens is 242 g/mol. The molecule has 0 fully saturated rings. The first kappa shape index (κ1) is 13.6. The van der Waals surface area contributed by atoms with E-state index >= 15 is 0 Å². The number of hydroxylamine groups is 1. The summed E-state index contributed by atoms with van der Waals surface area (Å²) in [6.45, 7) is 6.83. The first-order valence-electron chi connectivity index (χ1n) is 4.99. The third-order valence-electron chi connectivity index (χ3n) is 1.47. The van der Waals surface area contributed by atoms with E-state index in [1.165, 1.54) is 18.3 Å². The van der Waals surface area contributed by atoms with Crippen LogP contribution in [0.25, 0.3) is 0 Å². The van der Waals surface area contributed by atoms with Crippen molar-refractivity contribution in [2.75, 3.05) is 5.32 Å². The van der Waals surface area contributed by atoms with Gasteiger partial charge in [-0.15, -0.1) is 11.3 Å². The van der Waals surface area contributed by atoms with Crippen molar-refractivity contribution in [1.82, 2.24) is 10.5 Å². The summed E-state index contributed by atoms with van der Waals surface area (Å²) < 4.78 is 0. The van der Waals surface area contributed by atoms with Crippen molar-refractivity contribution in [3.63, 3.8) is 0 Å². The second-order valence-corrected chi connectivity index (χ2v) is 5.22. The van der Waals surface area contributed by atoms with Gasteiger partial charge in [-0.3, -0.25) is 14.4 Å². The van der Waals surface area contributed by atoms with E-state index in [2.05, 4.69) is 15.8 Å². The number of hydrogen-bond acceptors (Lipinski definition) is 5. The van der Waals surface area contributed by atoms with Crippen LogP contribution in [-0.4, -0.2) is 22.4 Å². The van der Waals surface area contributed by atoms with Crippen LogP contribution in [0.5, 0.6) is 0 Å². The molecule has 1 aromatic heterocycles. The fourth-order valence-corrected chi connectivity index (χ4v) is 1.57. The van der Waals surface area contributed by atoms with Gasteiger partial charge in [-0.2, -0.15) is 0 Å². The average molecular weight is 257 g/mol. The van der Waals surface area contributed by atoms with Crippen LogP contribution in [0.15, 0.2) is 5.38 Å². The van der Waals surface area contributed by atoms with Crippen LogP contribution in [0.4, 0.5) is 5.13 Å². The van der Waals surface area contributed by atoms with Gasteiger partial charge in [0.25, 0.3) is 5.91 Å². The van der Waals surface area contributed by atoms with E-state index in [9.17, 15) is 9.59 Å². The molecule has 1 rings (SSSR count). The third-order valence-corrected chi connectivity index (χ3v) is 2.23. The molecule has 1 aromatic rings. The highest BCUT2D eigenvalue weighted by molar-refractivity contribution is 7.14. The van der Waals surface area contributed by atoms with Crippen LogP contribution in [0.1, 0.15) is 38.2 Å². The van der Waals surface area contributed by atoms with E-state index in [0.717, 1.165) is 0 Å². The summed E-state index contributed by atoms with van der Waals surface area (Å²) in [6, 6.07) is 0. The smallest absolute Gasteiger partial charge is 0.294 e. The molecule has 0 radical (unpaired) electrons. The number of hydrogen-bond donors (Lipinski definition) is 2. The van der Waals surface area contributed by atoms with Crippen LogP contribution in [0.2, 0.25) is 0 Å². The highest BCUT2D eigenvalue weighted by atomic mass is 32.1. The molecule has 0 saturated heterocycles. The second-order valence-electron chi connectivity index (χ2n) is 4.36. The largest absolute Gasteiger partial charge is 0.302 e. The zero-order chi connectivity index (χ0) is 13.1. The number of nitrogens with one attached hydrogen (secondary N) is 2. The fraction of sp³-hybridized carbons (Fsp3) is 0.500. The Hall–Kier alpha value is -1.47. The van der Waals surface area contributed by atoms with Gasteiger partial charge in [0.15, 0.2) is 5.13 Å². The standard InChI is InChI=1S/C10H15N3O3S/c1-6(14)11-9-12-7(5-17-9)8(15)13-16-10(2,3)4/h5H,1-4H3,(H,13,15)(H,11,12,14). The Labute approximate surface area is 103 Å². The summed E-state index contributed by atoms with van der Waals surface area (Å²) in [5, 5.41) is 4.44. The van der Waals surface area contributed by atoms with Crippen molar-refractivity contribution in [2.45, 2.75) is 33.3 Å². The molecule has 0 spiro atoms. The average Bonchev–Trinajstić information content (AvgIpc) is 2.60. The molecule has 0 atom stereocenters. The lowest BCUT2D eigenvalue weighted by molar-refractivity contribution is -0.114. The highest BCUT2D eigenvalue weighted by Crippen LogP contribution is 2.15. The Morgan fingerprint density at radius 3 is 2.59 bits per heavy atom. The molecule has 2 amide bonds. The number of rotatable bonds is 3. The predicted molar refractivity (Wildman–Crippen MR) is 64.7 cm³/mol. The maximum atomic E-state index is 11.6. The summed E-state index contributed by atoms with van der Waals surface area (Å²) in [5.41, 5.74) is 2.04. The van der Waals surface area contributed by atoms with Gasteiger partial charge in [0.05, 0.1) is 5.60 Å². The molecular formula is C10H15N3O3S. The quantitative estimate of drug-likeness (QED) is 0.805. The molecule has 94 valence electrons. The minimum Gasteiger partial charge on any atom is -0.302 e. The van der Waals surface area contributed by atoms with Crippen molar-refractivity contribution in [3.05, 3.63) is 11.1 Å². The Morgan fingerprint density at radius 1 is 1.41 bits per heavy atom. The molecule has 0 aliphatic rings. The molecule has 0 bridgehead atoms. The van der Waals surface area contributed by atoms with Crippen LogP contribution in [-0.2, 0) is 9.63 Å². The molecule has 0 saturated carbocycles. The Balaban J connectivity index is 2.58. The highest BCUT2D eigenvalue weighted by Gasteiger charge is 2.16. The molecule has 0 unspecified atom stereocenters. The SMILES string of the molecule is CC(=O)Nc1nc(C(=O)NOC(C)(C)C)cs1. The topological polar surface area (TPSA) is 80.3 Å². The van der Waals surface area contributed by atoms with E-state index in [0.29, 0.717) is 5.13 Å². The molecule has 0 aliphatic carbocycles. The van der Waals surface area contributed by atoms with E-state index in [1.54, 1.807) is 5.38 Å². The van der Waals surface area contributed by atoms with E-state index in [-0.39, 0.29) is 11.6 Å². The molecule has 0 aromatic carbocycles. The summed E-state index contributed by atoms with van der Waals surface area (Å²) in [5.74, 6) is -0.662. The Morgan fingerprint density at radius 2 is 2.06 bits per heavy atom. The van der Waals surface area contributed by atoms with Crippen LogP contribution >= 0.6 is 11.3 Å². The predicted octanol–water partition coefficient (Wildman–Crippen LogP) is 1.56. The van der Waals surface area contributed by atoms with Crippen LogP contribution < -0.4 is 10.8 Å². The number of nitrogens with zero attached hydrogens (tertiary/aromatic N) is 1. The van der Waals surface area contributed by atoms with Gasteiger partial charge in [0, 0.05) is 12.3 Å². The van der Waals surface area contributed by atoms with Gasteiger partial charge in [0.2, 0.25) is 5.91 Å². The second kappa shape index (κ2) is 5.24. The van der Waals surface area contributed by atoms with Gasteiger partial charge in [-0.1, -0.05) is 0 Å². The van der Waals surface area contributed by atoms with Crippen molar-refractivity contribution < 1.29 is 14.4 Å². The zero-order valence-electron chi connectivity index (χ0n) is 10.2. The number of carbonyl (C=O) groups is 2. The van der Waals surface area contributed by atoms with Crippen LogP contribution in [0, 0.1) is 0 Å². The van der Waals surface area contributed by atoms with Gasteiger partial charge < -0.3 is 5.32 Å². The number of anilines is 1. The van der Waals surface area contributed by atoms with Gasteiger partial charge in [-0.05, 0) is 20.8 Å².